The molecule has 1 heterocycles. The third kappa shape index (κ3) is 2.73. The second kappa shape index (κ2) is 5.27. The van der Waals surface area contributed by atoms with E-state index in [9.17, 15) is 9.59 Å². The fourth-order valence-electron chi connectivity index (χ4n) is 1.63. The Labute approximate surface area is 110 Å². The van der Waals surface area contributed by atoms with E-state index in [0.717, 1.165) is 17.3 Å². The first-order valence-corrected chi connectivity index (χ1v) is 6.35. The van der Waals surface area contributed by atoms with Crippen molar-refractivity contribution in [1.82, 2.24) is 9.80 Å². The lowest BCUT2D eigenvalue weighted by atomic mass is 10.2. The van der Waals surface area contributed by atoms with Gasteiger partial charge in [0, 0.05) is 20.3 Å². The zero-order chi connectivity index (χ0) is 13.1. The predicted molar refractivity (Wildman–Crippen MR) is 71.7 cm³/mol. The van der Waals surface area contributed by atoms with Crippen molar-refractivity contribution >= 4 is 22.9 Å². The Bertz CT molecular complexity index is 497. The van der Waals surface area contributed by atoms with Crippen LogP contribution in [0.2, 0.25) is 0 Å². The molecule has 1 aliphatic heterocycles. The van der Waals surface area contributed by atoms with Gasteiger partial charge < -0.3 is 4.90 Å². The average Bonchev–Trinajstić information content (AvgIpc) is 2.58. The molecule has 0 N–H and O–H groups in total. The van der Waals surface area contributed by atoms with Gasteiger partial charge in [0.15, 0.2) is 0 Å². The zero-order valence-corrected chi connectivity index (χ0v) is 11.1. The highest BCUT2D eigenvalue weighted by Crippen LogP contribution is 2.31. The van der Waals surface area contributed by atoms with Gasteiger partial charge in [-0.3, -0.25) is 14.5 Å². The Balaban J connectivity index is 2.15. The van der Waals surface area contributed by atoms with E-state index in [-0.39, 0.29) is 11.1 Å². The molecule has 0 unspecified atom stereocenters. The first-order chi connectivity index (χ1) is 8.58. The van der Waals surface area contributed by atoms with Gasteiger partial charge in [-0.2, -0.15) is 0 Å². The lowest BCUT2D eigenvalue weighted by Gasteiger charge is -2.12. The summed E-state index contributed by atoms with van der Waals surface area (Å²) in [7, 11) is 3.65. The highest BCUT2D eigenvalue weighted by Gasteiger charge is 2.35. The lowest BCUT2D eigenvalue weighted by molar-refractivity contribution is -0.123. The van der Waals surface area contributed by atoms with Crippen LogP contribution < -0.4 is 0 Å². The van der Waals surface area contributed by atoms with Crippen molar-refractivity contribution < 1.29 is 9.59 Å². The molecule has 18 heavy (non-hydrogen) atoms. The van der Waals surface area contributed by atoms with Crippen molar-refractivity contribution in [2.75, 3.05) is 14.1 Å². The van der Waals surface area contributed by atoms with Gasteiger partial charge in [-0.1, -0.05) is 30.3 Å². The number of rotatable bonds is 3. The van der Waals surface area contributed by atoms with Gasteiger partial charge in [0.05, 0.1) is 11.4 Å². The van der Waals surface area contributed by atoms with E-state index < -0.39 is 0 Å². The number of carbonyl (C=O) groups is 2. The van der Waals surface area contributed by atoms with Crippen LogP contribution in [0.3, 0.4) is 0 Å². The van der Waals surface area contributed by atoms with E-state index in [2.05, 4.69) is 0 Å². The third-order valence-electron chi connectivity index (χ3n) is 2.43. The molecule has 1 aliphatic rings. The first kappa shape index (κ1) is 12.7. The molecule has 0 aliphatic carbocycles. The normalized spacial score (nSPS) is 17.7. The highest BCUT2D eigenvalue weighted by atomic mass is 32.2. The Kier molecular flexibility index (Phi) is 3.72. The standard InChI is InChI=1S/C13H14N2O2S/c1-14(2)9-11-12(16)15(13(17)18-11)8-10-6-4-3-5-7-10/h3-7,9H,8H2,1-2H3/b11-9+. The number of hydrogen-bond acceptors (Lipinski definition) is 4. The summed E-state index contributed by atoms with van der Waals surface area (Å²) in [6.45, 7) is 0.330. The summed E-state index contributed by atoms with van der Waals surface area (Å²) < 4.78 is 0. The van der Waals surface area contributed by atoms with Crippen LogP contribution in [0.4, 0.5) is 4.79 Å². The van der Waals surface area contributed by atoms with Gasteiger partial charge in [-0.25, -0.2) is 0 Å². The van der Waals surface area contributed by atoms with Crippen LogP contribution in [0, 0.1) is 0 Å². The molecule has 4 nitrogen and oxygen atoms in total. The third-order valence-corrected chi connectivity index (χ3v) is 3.33. The smallest absolute Gasteiger partial charge is 0.293 e. The molecule has 0 aromatic heterocycles. The van der Waals surface area contributed by atoms with Crippen molar-refractivity contribution in [1.29, 1.82) is 0 Å². The molecule has 1 fully saturated rings. The number of carbonyl (C=O) groups excluding carboxylic acids is 2. The fraction of sp³-hybridized carbons (Fsp3) is 0.231. The van der Waals surface area contributed by atoms with Crippen LogP contribution in [-0.2, 0) is 11.3 Å². The number of imide groups is 1. The molecule has 0 saturated carbocycles. The van der Waals surface area contributed by atoms with E-state index in [1.807, 2.05) is 44.4 Å². The molecule has 0 bridgehead atoms. The topological polar surface area (TPSA) is 40.6 Å². The Hall–Kier alpha value is -1.75. The van der Waals surface area contributed by atoms with E-state index in [0.29, 0.717) is 11.4 Å². The minimum absolute atomic E-state index is 0.211. The molecule has 5 heteroatoms. The molecule has 1 aromatic carbocycles. The highest BCUT2D eigenvalue weighted by molar-refractivity contribution is 8.18. The van der Waals surface area contributed by atoms with E-state index in [1.165, 1.54) is 4.90 Å². The van der Waals surface area contributed by atoms with Gasteiger partial charge in [-0.15, -0.1) is 0 Å². The Morgan fingerprint density at radius 1 is 1.22 bits per heavy atom. The number of thioether (sulfide) groups is 1. The van der Waals surface area contributed by atoms with Crippen molar-refractivity contribution in [3.63, 3.8) is 0 Å². The van der Waals surface area contributed by atoms with Gasteiger partial charge >= 0.3 is 0 Å². The molecule has 0 spiro atoms. The molecule has 2 rings (SSSR count). The second-order valence-electron chi connectivity index (χ2n) is 4.20. The summed E-state index contributed by atoms with van der Waals surface area (Å²) in [5.41, 5.74) is 0.950. The summed E-state index contributed by atoms with van der Waals surface area (Å²) in [4.78, 5) is 27.3. The summed E-state index contributed by atoms with van der Waals surface area (Å²) in [6, 6.07) is 9.50. The number of hydrogen-bond donors (Lipinski definition) is 0. The maximum absolute atomic E-state index is 12.0. The van der Waals surface area contributed by atoms with Crippen molar-refractivity contribution in [2.24, 2.45) is 0 Å². The monoisotopic (exact) mass is 262 g/mol. The van der Waals surface area contributed by atoms with Gasteiger partial charge in [0.1, 0.15) is 0 Å². The van der Waals surface area contributed by atoms with Gasteiger partial charge in [-0.05, 0) is 17.3 Å². The summed E-state index contributed by atoms with van der Waals surface area (Å²) >= 11 is 0.986. The van der Waals surface area contributed by atoms with Crippen molar-refractivity contribution in [2.45, 2.75) is 6.54 Å². The molecule has 94 valence electrons. The van der Waals surface area contributed by atoms with Crippen molar-refractivity contribution in [3.05, 3.63) is 47.0 Å². The SMILES string of the molecule is CN(C)/C=C1/SC(=O)N(Cc2ccccc2)C1=O. The van der Waals surface area contributed by atoms with Crippen LogP contribution in [0.1, 0.15) is 5.56 Å². The molecule has 0 radical (unpaired) electrons. The van der Waals surface area contributed by atoms with E-state index >= 15 is 0 Å². The Morgan fingerprint density at radius 3 is 2.50 bits per heavy atom. The van der Waals surface area contributed by atoms with Crippen molar-refractivity contribution in [3.8, 4) is 0 Å². The Morgan fingerprint density at radius 2 is 1.89 bits per heavy atom. The fourth-order valence-corrected chi connectivity index (χ4v) is 2.53. The molecule has 0 atom stereocenters. The summed E-state index contributed by atoms with van der Waals surface area (Å²) in [5, 5.41) is -0.211. The minimum Gasteiger partial charge on any atom is -0.382 e. The van der Waals surface area contributed by atoms with E-state index in [4.69, 9.17) is 0 Å². The second-order valence-corrected chi connectivity index (χ2v) is 5.20. The minimum atomic E-state index is -0.220. The van der Waals surface area contributed by atoms with Gasteiger partial charge in [0.2, 0.25) is 0 Å². The largest absolute Gasteiger partial charge is 0.382 e. The first-order valence-electron chi connectivity index (χ1n) is 5.54. The maximum Gasteiger partial charge on any atom is 0.293 e. The van der Waals surface area contributed by atoms with Gasteiger partial charge in [0.25, 0.3) is 11.1 Å². The average molecular weight is 262 g/mol. The van der Waals surface area contributed by atoms with E-state index in [1.54, 1.807) is 11.1 Å². The number of amides is 2. The predicted octanol–water partition coefficient (Wildman–Crippen LogP) is 2.29. The molecule has 2 amide bonds. The van der Waals surface area contributed by atoms with Crippen LogP contribution in [0.15, 0.2) is 41.4 Å². The molecular weight excluding hydrogens is 248 g/mol. The van der Waals surface area contributed by atoms with Crippen LogP contribution >= 0.6 is 11.8 Å². The molecule has 1 saturated heterocycles. The number of nitrogens with zero attached hydrogens (tertiary/aromatic N) is 2. The lowest BCUT2D eigenvalue weighted by Crippen LogP contribution is -2.27. The molecular formula is C13H14N2O2S. The summed E-state index contributed by atoms with van der Waals surface area (Å²) in [6.07, 6.45) is 1.68. The number of benzene rings is 1. The van der Waals surface area contributed by atoms with Crippen LogP contribution in [0.25, 0.3) is 0 Å². The molecule has 1 aromatic rings. The summed E-state index contributed by atoms with van der Waals surface area (Å²) in [5.74, 6) is -0.220. The van der Waals surface area contributed by atoms with Crippen LogP contribution in [0.5, 0.6) is 0 Å². The van der Waals surface area contributed by atoms with Crippen LogP contribution in [-0.4, -0.2) is 35.0 Å². The zero-order valence-electron chi connectivity index (χ0n) is 10.3. The quantitative estimate of drug-likeness (QED) is 0.784. The maximum atomic E-state index is 12.0.